The Morgan fingerprint density at radius 2 is 1.79 bits per heavy atom. The SMILES string of the molecule is COC(=O)Nc1sc(N/N=C\c2ccc(C(C)(C)C)cc2)nc1-c1ccccc1. The van der Waals surface area contributed by atoms with E-state index < -0.39 is 6.09 Å². The first-order chi connectivity index (χ1) is 13.9. The van der Waals surface area contributed by atoms with Crippen molar-refractivity contribution in [3.8, 4) is 11.3 Å². The fourth-order valence-electron chi connectivity index (χ4n) is 2.62. The zero-order chi connectivity index (χ0) is 20.9. The van der Waals surface area contributed by atoms with E-state index in [2.05, 4.69) is 53.7 Å². The van der Waals surface area contributed by atoms with Crippen LogP contribution in [0.2, 0.25) is 0 Å². The van der Waals surface area contributed by atoms with Crippen molar-refractivity contribution < 1.29 is 9.53 Å². The standard InChI is InChI=1S/C22H24N4O2S/c1-22(2,3)17-12-10-15(11-13-17)14-23-26-20-24-18(16-8-6-5-7-9-16)19(29-20)25-21(27)28-4/h5-14H,1-4H3,(H,24,26)(H,25,27)/b23-14-. The van der Waals surface area contributed by atoms with Crippen LogP contribution >= 0.6 is 11.3 Å². The molecule has 1 heterocycles. The summed E-state index contributed by atoms with van der Waals surface area (Å²) in [5.41, 5.74) is 6.87. The molecule has 1 aromatic heterocycles. The van der Waals surface area contributed by atoms with E-state index >= 15 is 0 Å². The molecular weight excluding hydrogens is 384 g/mol. The number of amides is 1. The number of hydrazone groups is 1. The van der Waals surface area contributed by atoms with Crippen LogP contribution in [0, 0.1) is 0 Å². The van der Waals surface area contributed by atoms with Crippen LogP contribution in [-0.4, -0.2) is 24.4 Å². The molecule has 0 bridgehead atoms. The van der Waals surface area contributed by atoms with Gasteiger partial charge in [0.05, 0.1) is 13.3 Å². The molecule has 0 saturated heterocycles. The van der Waals surface area contributed by atoms with Gasteiger partial charge in [-0.15, -0.1) is 0 Å². The second kappa shape index (κ2) is 8.87. The highest BCUT2D eigenvalue weighted by molar-refractivity contribution is 7.20. The third-order valence-electron chi connectivity index (χ3n) is 4.23. The van der Waals surface area contributed by atoms with E-state index in [0.29, 0.717) is 15.8 Å². The van der Waals surface area contributed by atoms with Crippen molar-refractivity contribution in [3.63, 3.8) is 0 Å². The van der Waals surface area contributed by atoms with Crippen LogP contribution in [0.5, 0.6) is 0 Å². The Labute approximate surface area is 174 Å². The van der Waals surface area contributed by atoms with E-state index in [0.717, 1.165) is 11.1 Å². The number of nitrogens with zero attached hydrogens (tertiary/aromatic N) is 2. The molecule has 1 amide bonds. The van der Waals surface area contributed by atoms with E-state index in [1.54, 1.807) is 6.21 Å². The summed E-state index contributed by atoms with van der Waals surface area (Å²) in [5.74, 6) is 0. The molecule has 29 heavy (non-hydrogen) atoms. The molecule has 0 aliphatic carbocycles. The summed E-state index contributed by atoms with van der Waals surface area (Å²) in [7, 11) is 1.33. The molecule has 0 unspecified atom stereocenters. The Balaban J connectivity index is 1.77. The topological polar surface area (TPSA) is 75.6 Å². The van der Waals surface area contributed by atoms with Crippen LogP contribution in [0.3, 0.4) is 0 Å². The number of anilines is 2. The number of benzene rings is 2. The van der Waals surface area contributed by atoms with Crippen LogP contribution in [-0.2, 0) is 10.2 Å². The molecule has 0 aliphatic heterocycles. The highest BCUT2D eigenvalue weighted by Gasteiger charge is 2.15. The molecule has 2 aromatic carbocycles. The molecule has 3 rings (SSSR count). The molecule has 2 N–H and O–H groups in total. The van der Waals surface area contributed by atoms with E-state index in [-0.39, 0.29) is 5.41 Å². The predicted octanol–water partition coefficient (Wildman–Crippen LogP) is 5.73. The lowest BCUT2D eigenvalue weighted by molar-refractivity contribution is 0.187. The Morgan fingerprint density at radius 3 is 2.41 bits per heavy atom. The molecule has 6 nitrogen and oxygen atoms in total. The number of carbonyl (C=O) groups is 1. The van der Waals surface area contributed by atoms with Gasteiger partial charge in [0.1, 0.15) is 10.7 Å². The number of ether oxygens (including phenoxy) is 1. The summed E-state index contributed by atoms with van der Waals surface area (Å²) in [5, 5.41) is 8.15. The number of thiazole rings is 1. The van der Waals surface area contributed by atoms with Crippen molar-refractivity contribution in [2.75, 3.05) is 17.9 Å². The monoisotopic (exact) mass is 408 g/mol. The summed E-state index contributed by atoms with van der Waals surface area (Å²) in [6, 6.07) is 17.9. The summed E-state index contributed by atoms with van der Waals surface area (Å²) in [4.78, 5) is 16.2. The van der Waals surface area contributed by atoms with Crippen LogP contribution in [0.4, 0.5) is 14.9 Å². The molecule has 0 radical (unpaired) electrons. The van der Waals surface area contributed by atoms with Gasteiger partial charge in [-0.05, 0) is 16.5 Å². The molecule has 7 heteroatoms. The van der Waals surface area contributed by atoms with Gasteiger partial charge >= 0.3 is 6.09 Å². The maximum atomic E-state index is 11.7. The average Bonchev–Trinajstić information content (AvgIpc) is 3.10. The fraction of sp³-hybridized carbons (Fsp3) is 0.227. The van der Waals surface area contributed by atoms with Crippen LogP contribution in [0.15, 0.2) is 59.7 Å². The van der Waals surface area contributed by atoms with E-state index in [4.69, 9.17) is 4.74 Å². The number of hydrogen-bond donors (Lipinski definition) is 2. The molecule has 0 saturated carbocycles. The van der Waals surface area contributed by atoms with Crippen molar-refractivity contribution in [2.24, 2.45) is 5.10 Å². The average molecular weight is 409 g/mol. The van der Waals surface area contributed by atoms with Gasteiger partial charge in [0.2, 0.25) is 5.13 Å². The van der Waals surface area contributed by atoms with Gasteiger partial charge in [0.25, 0.3) is 0 Å². The maximum Gasteiger partial charge on any atom is 0.412 e. The van der Waals surface area contributed by atoms with E-state index in [1.165, 1.54) is 24.0 Å². The molecule has 0 aliphatic rings. The second-order valence-corrected chi connectivity index (χ2v) is 8.42. The number of hydrogen-bond acceptors (Lipinski definition) is 6. The molecule has 3 aromatic rings. The minimum Gasteiger partial charge on any atom is -0.453 e. The lowest BCUT2D eigenvalue weighted by atomic mass is 9.87. The molecule has 150 valence electrons. The first-order valence-corrected chi connectivity index (χ1v) is 9.99. The molecular formula is C22H24N4O2S. The normalized spacial score (nSPS) is 11.4. The van der Waals surface area contributed by atoms with Gasteiger partial charge in [0, 0.05) is 5.56 Å². The lowest BCUT2D eigenvalue weighted by Gasteiger charge is -2.18. The van der Waals surface area contributed by atoms with Crippen LogP contribution < -0.4 is 10.7 Å². The second-order valence-electron chi connectivity index (χ2n) is 7.42. The van der Waals surface area contributed by atoms with Gasteiger partial charge < -0.3 is 4.74 Å². The predicted molar refractivity (Wildman–Crippen MR) is 120 cm³/mol. The largest absolute Gasteiger partial charge is 0.453 e. The first kappa shape index (κ1) is 20.5. The Morgan fingerprint density at radius 1 is 1.10 bits per heavy atom. The zero-order valence-corrected chi connectivity index (χ0v) is 17.7. The Kier molecular flexibility index (Phi) is 6.29. The molecule has 0 spiro atoms. The summed E-state index contributed by atoms with van der Waals surface area (Å²) >= 11 is 1.29. The van der Waals surface area contributed by atoms with Gasteiger partial charge in [-0.2, -0.15) is 5.10 Å². The third kappa shape index (κ3) is 5.42. The van der Waals surface area contributed by atoms with Crippen molar-refractivity contribution in [2.45, 2.75) is 26.2 Å². The highest BCUT2D eigenvalue weighted by atomic mass is 32.1. The van der Waals surface area contributed by atoms with Crippen molar-refractivity contribution in [1.82, 2.24) is 4.98 Å². The smallest absolute Gasteiger partial charge is 0.412 e. The number of rotatable bonds is 5. The van der Waals surface area contributed by atoms with Gasteiger partial charge in [0.15, 0.2) is 0 Å². The third-order valence-corrected chi connectivity index (χ3v) is 5.10. The zero-order valence-electron chi connectivity index (χ0n) is 16.9. The van der Waals surface area contributed by atoms with E-state index in [9.17, 15) is 4.79 Å². The molecule has 0 fully saturated rings. The maximum absolute atomic E-state index is 11.7. The molecule has 0 atom stereocenters. The van der Waals surface area contributed by atoms with Crippen LogP contribution in [0.1, 0.15) is 31.9 Å². The summed E-state index contributed by atoms with van der Waals surface area (Å²) in [6.45, 7) is 6.55. The minimum atomic E-state index is -0.542. The fourth-order valence-corrected chi connectivity index (χ4v) is 3.44. The van der Waals surface area contributed by atoms with Gasteiger partial charge in [-0.1, -0.05) is 86.7 Å². The van der Waals surface area contributed by atoms with Crippen molar-refractivity contribution in [1.29, 1.82) is 0 Å². The lowest BCUT2D eigenvalue weighted by Crippen LogP contribution is -2.10. The number of aromatic nitrogens is 1. The minimum absolute atomic E-state index is 0.117. The quantitative estimate of drug-likeness (QED) is 0.417. The van der Waals surface area contributed by atoms with Crippen molar-refractivity contribution >= 4 is 33.8 Å². The highest BCUT2D eigenvalue weighted by Crippen LogP contribution is 2.36. The summed E-state index contributed by atoms with van der Waals surface area (Å²) < 4.78 is 4.71. The summed E-state index contributed by atoms with van der Waals surface area (Å²) in [6.07, 6.45) is 1.20. The van der Waals surface area contributed by atoms with Crippen molar-refractivity contribution in [3.05, 3.63) is 65.7 Å². The number of carbonyl (C=O) groups excluding carboxylic acids is 1. The number of nitrogens with one attached hydrogen (secondary N) is 2. The Bertz CT molecular complexity index is 990. The van der Waals surface area contributed by atoms with E-state index in [1.807, 2.05) is 42.5 Å². The first-order valence-electron chi connectivity index (χ1n) is 9.17. The van der Waals surface area contributed by atoms with Crippen LogP contribution in [0.25, 0.3) is 11.3 Å². The number of methoxy groups -OCH3 is 1. The Hall–Kier alpha value is -3.19. The van der Waals surface area contributed by atoms with Gasteiger partial charge in [-0.25, -0.2) is 9.78 Å². The van der Waals surface area contributed by atoms with Gasteiger partial charge in [-0.3, -0.25) is 10.7 Å².